The van der Waals surface area contributed by atoms with Crippen molar-refractivity contribution in [1.29, 1.82) is 0 Å². The van der Waals surface area contributed by atoms with E-state index < -0.39 is 23.6 Å². The van der Waals surface area contributed by atoms with Crippen LogP contribution in [0.25, 0.3) is 21.8 Å². The molecule has 3 fully saturated rings. The molecule has 52 heavy (non-hydrogen) atoms. The van der Waals surface area contributed by atoms with Crippen molar-refractivity contribution in [1.82, 2.24) is 28.7 Å². The van der Waals surface area contributed by atoms with Crippen LogP contribution in [-0.4, -0.2) is 115 Å². The molecule has 0 spiro atoms. The van der Waals surface area contributed by atoms with Gasteiger partial charge in [0, 0.05) is 37.0 Å². The van der Waals surface area contributed by atoms with Gasteiger partial charge in [-0.3, -0.25) is 38.1 Å². The number of carbonyl (C=O) groups is 4. The molecule has 4 amide bonds. The highest BCUT2D eigenvalue weighted by Crippen LogP contribution is 2.40. The molecule has 7 rings (SSSR count). The second-order valence-electron chi connectivity index (χ2n) is 13.5. The van der Waals surface area contributed by atoms with Gasteiger partial charge < -0.3 is 20.0 Å². The molecule has 4 aromatic rings. The van der Waals surface area contributed by atoms with Gasteiger partial charge in [0.1, 0.15) is 0 Å². The molecule has 272 valence electrons. The van der Waals surface area contributed by atoms with Crippen molar-refractivity contribution in [3.05, 3.63) is 48.5 Å². The summed E-state index contributed by atoms with van der Waals surface area (Å²) in [7, 11) is 0. The summed E-state index contributed by atoms with van der Waals surface area (Å²) in [5.41, 5.74) is 1.70. The molecule has 2 aromatic carbocycles. The lowest BCUT2D eigenvalue weighted by atomic mass is 10.1. The number of piperazine rings is 1. The maximum atomic E-state index is 13.0. The predicted octanol–water partition coefficient (Wildman–Crippen LogP) is 4.49. The van der Waals surface area contributed by atoms with E-state index in [1.807, 2.05) is 24.3 Å². The lowest BCUT2D eigenvalue weighted by molar-refractivity contribution is -0.149. The van der Waals surface area contributed by atoms with Crippen molar-refractivity contribution in [3.63, 3.8) is 0 Å². The highest BCUT2D eigenvalue weighted by Gasteiger charge is 2.31. The van der Waals surface area contributed by atoms with Gasteiger partial charge in [-0.2, -0.15) is 0 Å². The van der Waals surface area contributed by atoms with Gasteiger partial charge in [0.2, 0.25) is 11.8 Å². The Bertz CT molecular complexity index is 1900. The highest BCUT2D eigenvalue weighted by atomic mass is 16.3. The lowest BCUT2D eigenvalue weighted by Crippen LogP contribution is -2.53. The second-order valence-corrected chi connectivity index (χ2v) is 13.5. The van der Waals surface area contributed by atoms with Gasteiger partial charge in [0.15, 0.2) is 11.4 Å². The van der Waals surface area contributed by atoms with Crippen LogP contribution in [0.1, 0.15) is 38.5 Å². The molecule has 0 atom stereocenters. The lowest BCUT2D eigenvalue weighted by Gasteiger charge is -2.33. The number of rotatable bonds is 6. The zero-order valence-electron chi connectivity index (χ0n) is 28.9. The van der Waals surface area contributed by atoms with Gasteiger partial charge in [0.05, 0.1) is 24.4 Å². The minimum Gasteiger partial charge on any atom is -0.493 e. The molecular weight excluding hydrogens is 668 g/mol. The van der Waals surface area contributed by atoms with Crippen LogP contribution in [0.15, 0.2) is 69.0 Å². The SMILES string of the molecule is O=C(N=Nc1c(O)n(CN2CCCCC2)c2ccccc12)C(=O)N1CCN(C(=O)C(=O)N=Nc2c(O)n(CN3CCCCC3)c3ccccc23)CC1. The van der Waals surface area contributed by atoms with Crippen molar-refractivity contribution in [2.45, 2.75) is 51.9 Å². The van der Waals surface area contributed by atoms with E-state index in [2.05, 4.69) is 30.3 Å². The van der Waals surface area contributed by atoms with Crippen LogP contribution >= 0.6 is 0 Å². The molecule has 3 saturated heterocycles. The van der Waals surface area contributed by atoms with Crippen molar-refractivity contribution < 1.29 is 29.4 Å². The molecule has 0 unspecified atom stereocenters. The number of piperidine rings is 2. The predicted molar refractivity (Wildman–Crippen MR) is 190 cm³/mol. The molecule has 5 heterocycles. The van der Waals surface area contributed by atoms with E-state index in [0.29, 0.717) is 24.1 Å². The number of likely N-dealkylation sites (tertiary alicyclic amines) is 2. The second kappa shape index (κ2) is 15.4. The van der Waals surface area contributed by atoms with Crippen LogP contribution in [0.5, 0.6) is 11.8 Å². The highest BCUT2D eigenvalue weighted by molar-refractivity contribution is 6.36. The Balaban J connectivity index is 0.964. The number of carbonyl (C=O) groups excluding carboxylic acids is 4. The molecular formula is C36H42N10O6. The third-order valence-corrected chi connectivity index (χ3v) is 10.1. The third kappa shape index (κ3) is 7.16. The Morgan fingerprint density at radius 1 is 0.519 bits per heavy atom. The van der Waals surface area contributed by atoms with E-state index >= 15 is 0 Å². The van der Waals surface area contributed by atoms with Crippen LogP contribution in [0.4, 0.5) is 11.4 Å². The molecule has 2 aromatic heterocycles. The fourth-order valence-corrected chi connectivity index (χ4v) is 7.29. The number of hydrogen-bond donors (Lipinski definition) is 2. The van der Waals surface area contributed by atoms with Crippen LogP contribution in [0.3, 0.4) is 0 Å². The number of benzene rings is 2. The normalized spacial score (nSPS) is 17.9. The molecule has 0 saturated carbocycles. The summed E-state index contributed by atoms with van der Waals surface area (Å²) in [5, 5.41) is 38.7. The maximum Gasteiger partial charge on any atom is 0.353 e. The number of nitrogens with zero attached hydrogens (tertiary/aromatic N) is 10. The molecule has 3 aliphatic heterocycles. The average molecular weight is 711 g/mol. The molecule has 0 radical (unpaired) electrons. The van der Waals surface area contributed by atoms with Gasteiger partial charge in [0.25, 0.3) is 0 Å². The van der Waals surface area contributed by atoms with Gasteiger partial charge in [-0.1, -0.05) is 49.2 Å². The number of amides is 4. The first-order valence-electron chi connectivity index (χ1n) is 17.8. The first-order chi connectivity index (χ1) is 25.3. The summed E-state index contributed by atoms with van der Waals surface area (Å²) in [5.74, 6) is -4.32. The molecule has 16 heteroatoms. The first-order valence-corrected chi connectivity index (χ1v) is 17.8. The number of aromatic nitrogens is 2. The molecule has 0 aliphatic carbocycles. The molecule has 3 aliphatic rings. The molecule has 16 nitrogen and oxygen atoms in total. The van der Waals surface area contributed by atoms with E-state index in [0.717, 1.165) is 62.9 Å². The maximum absolute atomic E-state index is 13.0. The fourth-order valence-electron chi connectivity index (χ4n) is 7.29. The number of azo groups is 2. The Hall–Kier alpha value is -5.48. The third-order valence-electron chi connectivity index (χ3n) is 10.1. The van der Waals surface area contributed by atoms with Gasteiger partial charge in [-0.15, -0.1) is 20.5 Å². The summed E-state index contributed by atoms with van der Waals surface area (Å²) in [6.07, 6.45) is 6.71. The van der Waals surface area contributed by atoms with Crippen molar-refractivity contribution in [2.24, 2.45) is 20.5 Å². The van der Waals surface area contributed by atoms with E-state index in [1.165, 1.54) is 22.6 Å². The summed E-state index contributed by atoms with van der Waals surface area (Å²) in [6.45, 7) is 4.56. The summed E-state index contributed by atoms with van der Waals surface area (Å²) < 4.78 is 3.46. The summed E-state index contributed by atoms with van der Waals surface area (Å²) in [4.78, 5) is 58.6. The Labute approximate surface area is 299 Å². The zero-order chi connectivity index (χ0) is 36.2. The fraction of sp³-hybridized carbons (Fsp3) is 0.444. The quantitative estimate of drug-likeness (QED) is 0.217. The smallest absolute Gasteiger partial charge is 0.353 e. The average Bonchev–Trinajstić information content (AvgIpc) is 3.60. The van der Waals surface area contributed by atoms with Crippen molar-refractivity contribution in [3.8, 4) is 11.8 Å². The molecule has 2 N–H and O–H groups in total. The Kier molecular flexibility index (Phi) is 10.4. The van der Waals surface area contributed by atoms with Crippen LogP contribution in [-0.2, 0) is 32.5 Å². The Morgan fingerprint density at radius 2 is 0.885 bits per heavy atom. The molecule has 0 bridgehead atoms. The largest absolute Gasteiger partial charge is 0.493 e. The standard InChI is InChI=1S/C36H42N10O6/c47-31(39-37-29-25-11-3-5-13-27(25)45(33(29)49)23-41-15-7-1-8-16-41)35(51)43-19-21-44(22-20-43)36(52)32(48)40-38-30-26-12-4-6-14-28(26)46(34(30)50)24-42-17-9-2-10-18-42/h3-6,11-14,49-50H,1-2,7-10,15-24H2. The number of fused-ring (bicyclic) bond motifs is 2. The summed E-state index contributed by atoms with van der Waals surface area (Å²) in [6, 6.07) is 14.6. The number of hydrogen-bond acceptors (Lipinski definition) is 10. The number of para-hydroxylation sites is 2. The van der Waals surface area contributed by atoms with Gasteiger partial charge in [-0.05, 0) is 64.0 Å². The number of aromatic hydroxyl groups is 2. The first kappa shape index (κ1) is 34.9. The summed E-state index contributed by atoms with van der Waals surface area (Å²) >= 11 is 0. The monoisotopic (exact) mass is 710 g/mol. The van der Waals surface area contributed by atoms with E-state index in [9.17, 15) is 29.4 Å². The van der Waals surface area contributed by atoms with E-state index in [4.69, 9.17) is 0 Å². The van der Waals surface area contributed by atoms with E-state index in [1.54, 1.807) is 33.4 Å². The van der Waals surface area contributed by atoms with Crippen LogP contribution in [0, 0.1) is 0 Å². The van der Waals surface area contributed by atoms with Gasteiger partial charge >= 0.3 is 23.6 Å². The van der Waals surface area contributed by atoms with Crippen molar-refractivity contribution in [2.75, 3.05) is 52.4 Å². The van der Waals surface area contributed by atoms with E-state index in [-0.39, 0.29) is 49.3 Å². The Morgan fingerprint density at radius 3 is 1.27 bits per heavy atom. The van der Waals surface area contributed by atoms with Crippen LogP contribution in [0.2, 0.25) is 0 Å². The topological polar surface area (TPSA) is 181 Å². The zero-order valence-corrected chi connectivity index (χ0v) is 28.9. The van der Waals surface area contributed by atoms with Crippen molar-refractivity contribution >= 4 is 56.8 Å². The van der Waals surface area contributed by atoms with Crippen LogP contribution < -0.4 is 0 Å². The van der Waals surface area contributed by atoms with Gasteiger partial charge in [-0.25, -0.2) is 0 Å². The minimum absolute atomic E-state index is 0.0125. The minimum atomic E-state index is -1.11.